The van der Waals surface area contributed by atoms with Crippen LogP contribution in [-0.2, 0) is 45.1 Å². The molecule has 0 saturated heterocycles. The average molecular weight is 785 g/mol. The van der Waals surface area contributed by atoms with Gasteiger partial charge in [0.15, 0.2) is 0 Å². The minimum atomic E-state index is -0.709. The second kappa shape index (κ2) is 17.4. The lowest BCUT2D eigenvalue weighted by Gasteiger charge is -2.24. The molecule has 4 aromatic rings. The quantitative estimate of drug-likeness (QED) is 0.117. The standard InChI is InChI=1S/C40H38Cl4N2O6/c1-45-19-17-29-31(43)11-13-33(49-23-25-3-7-27(41)8-4-25)39(29)35(21-45)51-37(47)15-16-38(48)52-36-22-46(2)20-18-30-32(44)12-14-34(40(30)36)50-24-26-5-9-28(42)10-6-26/h3-16,35-36H,17-24H2,1-2H3/b16-15-. The molecule has 0 N–H and O–H groups in total. The van der Waals surface area contributed by atoms with E-state index in [1.165, 1.54) is 0 Å². The maximum absolute atomic E-state index is 13.3. The third kappa shape index (κ3) is 9.61. The van der Waals surface area contributed by atoms with E-state index in [4.69, 9.17) is 65.4 Å². The number of esters is 2. The van der Waals surface area contributed by atoms with Crippen LogP contribution in [0.2, 0.25) is 20.1 Å². The van der Waals surface area contributed by atoms with Gasteiger partial charge in [0, 0.05) is 69.5 Å². The van der Waals surface area contributed by atoms with Crippen molar-refractivity contribution in [2.24, 2.45) is 0 Å². The molecule has 2 unspecified atom stereocenters. The summed E-state index contributed by atoms with van der Waals surface area (Å²) in [5.74, 6) is -0.287. The van der Waals surface area contributed by atoms with E-state index in [-0.39, 0.29) is 13.2 Å². The summed E-state index contributed by atoms with van der Waals surface area (Å²) >= 11 is 25.5. The zero-order valence-electron chi connectivity index (χ0n) is 28.8. The fourth-order valence-electron chi connectivity index (χ4n) is 6.41. The Bertz CT molecular complexity index is 1800. The first kappa shape index (κ1) is 38.0. The van der Waals surface area contributed by atoms with Crippen molar-refractivity contribution < 1.29 is 28.5 Å². The summed E-state index contributed by atoms with van der Waals surface area (Å²) in [6.45, 7) is 2.78. The van der Waals surface area contributed by atoms with E-state index in [0.29, 0.717) is 81.7 Å². The van der Waals surface area contributed by atoms with E-state index in [9.17, 15) is 9.59 Å². The van der Waals surface area contributed by atoms with Crippen LogP contribution in [-0.4, -0.2) is 62.0 Å². The zero-order chi connectivity index (χ0) is 36.8. The number of rotatable bonds is 10. The highest BCUT2D eigenvalue weighted by Crippen LogP contribution is 2.40. The van der Waals surface area contributed by atoms with Crippen LogP contribution >= 0.6 is 46.4 Å². The summed E-state index contributed by atoms with van der Waals surface area (Å²) in [5, 5.41) is 2.40. The Morgan fingerprint density at radius 3 is 1.38 bits per heavy atom. The summed E-state index contributed by atoms with van der Waals surface area (Å²) in [5.41, 5.74) is 4.97. The van der Waals surface area contributed by atoms with E-state index < -0.39 is 24.1 Å². The molecule has 4 aromatic carbocycles. The molecule has 0 amide bonds. The highest BCUT2D eigenvalue weighted by molar-refractivity contribution is 6.32. The average Bonchev–Trinajstić information content (AvgIpc) is 3.39. The Hall–Kier alpha value is -3.76. The van der Waals surface area contributed by atoms with Crippen molar-refractivity contribution in [3.63, 3.8) is 0 Å². The largest absolute Gasteiger partial charge is 0.488 e. The van der Waals surface area contributed by atoms with Crippen LogP contribution in [0.25, 0.3) is 0 Å². The monoisotopic (exact) mass is 782 g/mol. The zero-order valence-corrected chi connectivity index (χ0v) is 31.8. The maximum Gasteiger partial charge on any atom is 0.331 e. The first-order valence-electron chi connectivity index (χ1n) is 16.9. The van der Waals surface area contributed by atoms with Gasteiger partial charge in [-0.3, -0.25) is 0 Å². The van der Waals surface area contributed by atoms with Gasteiger partial charge in [-0.1, -0.05) is 70.7 Å². The number of halogens is 4. The molecular formula is C40H38Cl4N2O6. The summed E-state index contributed by atoms with van der Waals surface area (Å²) in [7, 11) is 3.90. The fraction of sp³-hybridized carbons (Fsp3) is 0.300. The molecule has 2 heterocycles. The van der Waals surface area contributed by atoms with Crippen LogP contribution in [0.4, 0.5) is 0 Å². The van der Waals surface area contributed by atoms with Gasteiger partial charge < -0.3 is 28.7 Å². The van der Waals surface area contributed by atoms with Crippen molar-refractivity contribution in [3.05, 3.63) is 138 Å². The van der Waals surface area contributed by atoms with E-state index >= 15 is 0 Å². The summed E-state index contributed by atoms with van der Waals surface area (Å²) in [6, 6.07) is 21.9. The second-order valence-corrected chi connectivity index (χ2v) is 14.6. The number of likely N-dealkylation sites (N-methyl/N-ethyl adjacent to an activating group) is 2. The molecule has 2 atom stereocenters. The first-order chi connectivity index (χ1) is 25.0. The van der Waals surface area contributed by atoms with Gasteiger partial charge >= 0.3 is 11.9 Å². The maximum atomic E-state index is 13.3. The highest BCUT2D eigenvalue weighted by atomic mass is 35.5. The van der Waals surface area contributed by atoms with Crippen molar-refractivity contribution in [1.29, 1.82) is 0 Å². The molecule has 6 rings (SSSR count). The van der Waals surface area contributed by atoms with Gasteiger partial charge in [0.1, 0.15) is 36.9 Å². The van der Waals surface area contributed by atoms with Gasteiger partial charge in [-0.25, -0.2) is 9.59 Å². The minimum Gasteiger partial charge on any atom is -0.488 e. The predicted octanol–water partition coefficient (Wildman–Crippen LogP) is 8.86. The number of hydrogen-bond acceptors (Lipinski definition) is 8. The SMILES string of the molecule is CN1CCc2c(Cl)ccc(OCc3ccc(Cl)cc3)c2C(OC(=O)/C=C\C(=O)OC2CN(C)CCc3c(Cl)ccc(OCc4ccc(Cl)cc4)c32)C1. The van der Waals surface area contributed by atoms with Crippen LogP contribution in [0.1, 0.15) is 45.6 Å². The topological polar surface area (TPSA) is 77.5 Å². The molecule has 2 aliphatic rings. The Balaban J connectivity index is 1.18. The van der Waals surface area contributed by atoms with Crippen molar-refractivity contribution in [3.8, 4) is 11.5 Å². The Morgan fingerprint density at radius 1 is 0.615 bits per heavy atom. The summed E-state index contributed by atoms with van der Waals surface area (Å²) in [4.78, 5) is 30.8. The van der Waals surface area contributed by atoms with Crippen molar-refractivity contribution in [2.45, 2.75) is 38.3 Å². The van der Waals surface area contributed by atoms with E-state index in [1.807, 2.05) is 38.4 Å². The Labute approximate surface area is 323 Å². The van der Waals surface area contributed by atoms with E-state index in [1.54, 1.807) is 48.5 Å². The van der Waals surface area contributed by atoms with Gasteiger partial charge in [-0.05, 0) is 97.7 Å². The number of carbonyl (C=O) groups excluding carboxylic acids is 2. The van der Waals surface area contributed by atoms with Crippen LogP contribution in [0.5, 0.6) is 11.5 Å². The van der Waals surface area contributed by atoms with E-state index in [0.717, 1.165) is 34.4 Å². The molecule has 0 spiro atoms. The minimum absolute atomic E-state index is 0.284. The molecule has 2 aliphatic heterocycles. The molecule has 12 heteroatoms. The van der Waals surface area contributed by atoms with Crippen molar-refractivity contribution >= 4 is 58.3 Å². The Kier molecular flexibility index (Phi) is 12.7. The smallest absolute Gasteiger partial charge is 0.331 e. The molecular weight excluding hydrogens is 746 g/mol. The summed E-state index contributed by atoms with van der Waals surface area (Å²) < 4.78 is 24.5. The van der Waals surface area contributed by atoms with Gasteiger partial charge in [0.05, 0.1) is 0 Å². The fourth-order valence-corrected chi connectivity index (χ4v) is 7.18. The Morgan fingerprint density at radius 2 is 1.00 bits per heavy atom. The van der Waals surface area contributed by atoms with Crippen LogP contribution in [0.15, 0.2) is 84.9 Å². The molecule has 52 heavy (non-hydrogen) atoms. The number of benzene rings is 4. The molecule has 0 saturated carbocycles. The molecule has 272 valence electrons. The predicted molar refractivity (Wildman–Crippen MR) is 204 cm³/mol. The lowest BCUT2D eigenvalue weighted by molar-refractivity contribution is -0.147. The molecule has 0 aromatic heterocycles. The molecule has 0 radical (unpaired) electrons. The molecule has 0 aliphatic carbocycles. The van der Waals surface area contributed by atoms with Gasteiger partial charge in [0.25, 0.3) is 0 Å². The third-order valence-electron chi connectivity index (χ3n) is 9.09. The second-order valence-electron chi connectivity index (χ2n) is 12.9. The molecule has 8 nitrogen and oxygen atoms in total. The lowest BCUT2D eigenvalue weighted by atomic mass is 9.99. The van der Waals surface area contributed by atoms with Crippen molar-refractivity contribution in [2.75, 3.05) is 40.3 Å². The number of fused-ring (bicyclic) bond motifs is 2. The van der Waals surface area contributed by atoms with Gasteiger partial charge in [-0.2, -0.15) is 0 Å². The van der Waals surface area contributed by atoms with Crippen LogP contribution in [0.3, 0.4) is 0 Å². The third-order valence-corrected chi connectivity index (χ3v) is 10.3. The normalized spacial score (nSPS) is 17.8. The summed E-state index contributed by atoms with van der Waals surface area (Å²) in [6.07, 6.45) is 2.04. The first-order valence-corrected chi connectivity index (χ1v) is 18.4. The number of hydrogen-bond donors (Lipinski definition) is 0. The van der Waals surface area contributed by atoms with Crippen LogP contribution in [0, 0.1) is 0 Å². The van der Waals surface area contributed by atoms with Crippen molar-refractivity contribution in [1.82, 2.24) is 9.80 Å². The lowest BCUT2D eigenvalue weighted by Crippen LogP contribution is -2.27. The molecule has 0 fully saturated rings. The van der Waals surface area contributed by atoms with Gasteiger partial charge in [0.2, 0.25) is 0 Å². The number of nitrogens with zero attached hydrogens (tertiary/aromatic N) is 2. The number of ether oxygens (including phenoxy) is 4. The van der Waals surface area contributed by atoms with Gasteiger partial charge in [-0.15, -0.1) is 0 Å². The number of carbonyl (C=O) groups is 2. The molecule has 0 bridgehead atoms. The van der Waals surface area contributed by atoms with E-state index in [2.05, 4.69) is 9.80 Å². The highest BCUT2D eigenvalue weighted by Gasteiger charge is 2.31. The van der Waals surface area contributed by atoms with Crippen LogP contribution < -0.4 is 9.47 Å².